The Bertz CT molecular complexity index is 383. The van der Waals surface area contributed by atoms with Gasteiger partial charge in [0.15, 0.2) is 5.96 Å². The lowest BCUT2D eigenvalue weighted by Crippen LogP contribution is -2.38. The number of guanidine groups is 1. The third-order valence-electron chi connectivity index (χ3n) is 2.67. The van der Waals surface area contributed by atoms with E-state index in [4.69, 9.17) is 4.74 Å². The SMILES string of the molecule is CCOCCNC(=NC)NCc1ccccc1C.I. The summed E-state index contributed by atoms with van der Waals surface area (Å²) in [7, 11) is 1.77. The summed E-state index contributed by atoms with van der Waals surface area (Å²) in [6.45, 7) is 7.09. The molecule has 0 saturated heterocycles. The lowest BCUT2D eigenvalue weighted by atomic mass is 10.1. The number of benzene rings is 1. The molecular weight excluding hydrogens is 353 g/mol. The van der Waals surface area contributed by atoms with E-state index in [-0.39, 0.29) is 24.0 Å². The van der Waals surface area contributed by atoms with E-state index in [1.165, 1.54) is 11.1 Å². The van der Waals surface area contributed by atoms with Crippen molar-refractivity contribution in [2.75, 3.05) is 26.8 Å². The molecular formula is C14H24IN3O. The van der Waals surface area contributed by atoms with Crippen molar-refractivity contribution in [1.82, 2.24) is 10.6 Å². The molecule has 0 aliphatic carbocycles. The van der Waals surface area contributed by atoms with E-state index in [9.17, 15) is 0 Å². The minimum absolute atomic E-state index is 0. The number of halogens is 1. The summed E-state index contributed by atoms with van der Waals surface area (Å²) in [5.74, 6) is 0.804. The Kier molecular flexibility index (Phi) is 10.6. The molecule has 2 N–H and O–H groups in total. The number of hydrogen-bond donors (Lipinski definition) is 2. The van der Waals surface area contributed by atoms with Gasteiger partial charge >= 0.3 is 0 Å². The van der Waals surface area contributed by atoms with Crippen LogP contribution in [0.3, 0.4) is 0 Å². The summed E-state index contributed by atoms with van der Waals surface area (Å²) in [6.07, 6.45) is 0. The third kappa shape index (κ3) is 7.37. The maximum atomic E-state index is 5.27. The van der Waals surface area contributed by atoms with E-state index < -0.39 is 0 Å². The van der Waals surface area contributed by atoms with Crippen molar-refractivity contribution in [3.8, 4) is 0 Å². The first kappa shape index (κ1) is 18.2. The van der Waals surface area contributed by atoms with Crippen molar-refractivity contribution in [2.45, 2.75) is 20.4 Å². The average Bonchev–Trinajstić information content (AvgIpc) is 2.40. The molecule has 5 heteroatoms. The molecule has 0 aliphatic rings. The van der Waals surface area contributed by atoms with Gasteiger partial charge in [0, 0.05) is 26.7 Å². The summed E-state index contributed by atoms with van der Waals surface area (Å²) in [6, 6.07) is 8.33. The summed E-state index contributed by atoms with van der Waals surface area (Å²) in [4.78, 5) is 4.17. The van der Waals surface area contributed by atoms with E-state index >= 15 is 0 Å². The van der Waals surface area contributed by atoms with Gasteiger partial charge in [-0.15, -0.1) is 24.0 Å². The van der Waals surface area contributed by atoms with Gasteiger partial charge in [-0.1, -0.05) is 24.3 Å². The Morgan fingerprint density at radius 2 is 2.00 bits per heavy atom. The normalized spacial score (nSPS) is 10.8. The number of rotatable bonds is 6. The lowest BCUT2D eigenvalue weighted by molar-refractivity contribution is 0.152. The van der Waals surface area contributed by atoms with Crippen LogP contribution in [0.25, 0.3) is 0 Å². The van der Waals surface area contributed by atoms with Gasteiger partial charge in [0.05, 0.1) is 6.61 Å². The molecule has 1 rings (SSSR count). The van der Waals surface area contributed by atoms with Crippen LogP contribution in [0.15, 0.2) is 29.3 Å². The van der Waals surface area contributed by atoms with Crippen LogP contribution in [-0.2, 0) is 11.3 Å². The predicted octanol–water partition coefficient (Wildman–Crippen LogP) is 2.31. The topological polar surface area (TPSA) is 45.6 Å². The highest BCUT2D eigenvalue weighted by Gasteiger charge is 1.99. The van der Waals surface area contributed by atoms with Crippen LogP contribution in [0.4, 0.5) is 0 Å². The average molecular weight is 377 g/mol. The van der Waals surface area contributed by atoms with Crippen molar-refractivity contribution in [2.24, 2.45) is 4.99 Å². The number of aliphatic imine (C=N–C) groups is 1. The lowest BCUT2D eigenvalue weighted by Gasteiger charge is -2.13. The Hall–Kier alpha value is -0.820. The number of hydrogen-bond acceptors (Lipinski definition) is 2. The molecule has 1 aromatic carbocycles. The monoisotopic (exact) mass is 377 g/mol. The van der Waals surface area contributed by atoms with Crippen LogP contribution in [0.1, 0.15) is 18.1 Å². The molecule has 108 valence electrons. The van der Waals surface area contributed by atoms with Crippen molar-refractivity contribution in [3.63, 3.8) is 0 Å². The Labute approximate surface area is 133 Å². The van der Waals surface area contributed by atoms with Gasteiger partial charge in [0.1, 0.15) is 0 Å². The molecule has 0 bridgehead atoms. The zero-order valence-corrected chi connectivity index (χ0v) is 14.2. The van der Waals surface area contributed by atoms with Gasteiger partial charge in [-0.2, -0.15) is 0 Å². The van der Waals surface area contributed by atoms with E-state index in [0.717, 1.165) is 25.7 Å². The standard InChI is InChI=1S/C14H23N3O.HI/c1-4-18-10-9-16-14(15-3)17-11-13-8-6-5-7-12(13)2;/h5-8H,4,9-11H2,1-3H3,(H2,15,16,17);1H. The molecule has 0 saturated carbocycles. The molecule has 0 aliphatic heterocycles. The molecule has 0 amide bonds. The zero-order chi connectivity index (χ0) is 13.2. The van der Waals surface area contributed by atoms with Crippen LogP contribution in [-0.4, -0.2) is 32.8 Å². The van der Waals surface area contributed by atoms with E-state index in [2.05, 4.69) is 40.7 Å². The van der Waals surface area contributed by atoms with Gasteiger partial charge in [0.2, 0.25) is 0 Å². The second-order valence-electron chi connectivity index (χ2n) is 3.98. The van der Waals surface area contributed by atoms with Gasteiger partial charge in [0.25, 0.3) is 0 Å². The van der Waals surface area contributed by atoms with Crippen LogP contribution in [0, 0.1) is 6.92 Å². The summed E-state index contributed by atoms with van der Waals surface area (Å²) >= 11 is 0. The molecule has 0 spiro atoms. The first-order valence-corrected chi connectivity index (χ1v) is 6.34. The molecule has 4 nitrogen and oxygen atoms in total. The number of nitrogens with one attached hydrogen (secondary N) is 2. The quantitative estimate of drug-likeness (QED) is 0.346. The number of ether oxygens (including phenoxy) is 1. The fourth-order valence-corrected chi connectivity index (χ4v) is 1.59. The van der Waals surface area contributed by atoms with E-state index in [1.807, 2.05) is 13.0 Å². The summed E-state index contributed by atoms with van der Waals surface area (Å²) in [5.41, 5.74) is 2.57. The Morgan fingerprint density at radius 1 is 1.26 bits per heavy atom. The van der Waals surface area contributed by atoms with Crippen molar-refractivity contribution < 1.29 is 4.74 Å². The van der Waals surface area contributed by atoms with Crippen molar-refractivity contribution in [1.29, 1.82) is 0 Å². The van der Waals surface area contributed by atoms with Gasteiger partial charge in [-0.05, 0) is 25.0 Å². The van der Waals surface area contributed by atoms with Crippen LogP contribution < -0.4 is 10.6 Å². The van der Waals surface area contributed by atoms with Gasteiger partial charge in [-0.25, -0.2) is 0 Å². The highest BCUT2D eigenvalue weighted by Crippen LogP contribution is 2.05. The smallest absolute Gasteiger partial charge is 0.191 e. The molecule has 1 aromatic rings. The molecule has 0 heterocycles. The molecule has 0 aromatic heterocycles. The fraction of sp³-hybridized carbons (Fsp3) is 0.500. The molecule has 0 atom stereocenters. The van der Waals surface area contributed by atoms with Gasteiger partial charge in [-0.3, -0.25) is 4.99 Å². The first-order chi connectivity index (χ1) is 8.77. The molecule has 0 unspecified atom stereocenters. The van der Waals surface area contributed by atoms with Crippen molar-refractivity contribution >= 4 is 29.9 Å². The van der Waals surface area contributed by atoms with Gasteiger partial charge < -0.3 is 15.4 Å². The Balaban J connectivity index is 0.00000324. The predicted molar refractivity (Wildman–Crippen MR) is 91.3 cm³/mol. The first-order valence-electron chi connectivity index (χ1n) is 6.34. The molecule has 0 radical (unpaired) electrons. The largest absolute Gasteiger partial charge is 0.380 e. The fourth-order valence-electron chi connectivity index (χ4n) is 1.59. The minimum Gasteiger partial charge on any atom is -0.380 e. The van der Waals surface area contributed by atoms with Crippen molar-refractivity contribution in [3.05, 3.63) is 35.4 Å². The summed E-state index contributed by atoms with van der Waals surface area (Å²) in [5, 5.41) is 6.49. The van der Waals surface area contributed by atoms with E-state index in [0.29, 0.717) is 6.61 Å². The number of nitrogens with zero attached hydrogens (tertiary/aromatic N) is 1. The third-order valence-corrected chi connectivity index (χ3v) is 2.67. The zero-order valence-electron chi connectivity index (χ0n) is 11.9. The highest BCUT2D eigenvalue weighted by molar-refractivity contribution is 14.0. The van der Waals surface area contributed by atoms with E-state index in [1.54, 1.807) is 7.05 Å². The Morgan fingerprint density at radius 3 is 2.63 bits per heavy atom. The molecule has 19 heavy (non-hydrogen) atoms. The minimum atomic E-state index is 0. The van der Waals surface area contributed by atoms with Crippen LogP contribution >= 0.6 is 24.0 Å². The maximum Gasteiger partial charge on any atom is 0.191 e. The highest BCUT2D eigenvalue weighted by atomic mass is 127. The number of aryl methyl sites for hydroxylation is 1. The van der Waals surface area contributed by atoms with Crippen LogP contribution in [0.5, 0.6) is 0 Å². The second kappa shape index (κ2) is 11.0. The summed E-state index contributed by atoms with van der Waals surface area (Å²) < 4.78 is 5.27. The maximum absolute atomic E-state index is 5.27. The second-order valence-corrected chi connectivity index (χ2v) is 3.98. The van der Waals surface area contributed by atoms with Crippen LogP contribution in [0.2, 0.25) is 0 Å². The molecule has 0 fully saturated rings.